The number of esters is 1. The van der Waals surface area contributed by atoms with Crippen LogP contribution in [-0.2, 0) is 11.3 Å². The molecule has 0 saturated carbocycles. The van der Waals surface area contributed by atoms with Gasteiger partial charge in [-0.15, -0.1) is 0 Å². The largest absolute Gasteiger partial charge is 0.476 e. The number of carboxylic acid groups (broad SMARTS) is 1. The molecule has 1 aromatic carbocycles. The molecular formula is C20H19N3O6. The van der Waals surface area contributed by atoms with Crippen molar-refractivity contribution in [3.63, 3.8) is 0 Å². The summed E-state index contributed by atoms with van der Waals surface area (Å²) in [5.41, 5.74) is 0.377. The molecule has 0 aliphatic rings. The third-order valence-electron chi connectivity index (χ3n) is 4.56. The standard InChI is InChI=1S/C20H19N3O6/c1-4-29-20(28)15-10(2)16(21-11(15)3)14(24)9-23-18(25)13-8-6-5-7-12(13)17(22-23)19(26)27/h5-8,21H,4,9H2,1-3H3,(H,26,27). The highest BCUT2D eigenvalue weighted by Crippen LogP contribution is 2.20. The lowest BCUT2D eigenvalue weighted by Gasteiger charge is -2.08. The van der Waals surface area contributed by atoms with Crippen molar-refractivity contribution in [2.45, 2.75) is 27.3 Å². The number of aryl methyl sites for hydroxylation is 1. The Morgan fingerprint density at radius 1 is 1.17 bits per heavy atom. The Labute approximate surface area is 164 Å². The van der Waals surface area contributed by atoms with Crippen molar-refractivity contribution in [2.24, 2.45) is 0 Å². The fourth-order valence-electron chi connectivity index (χ4n) is 3.25. The summed E-state index contributed by atoms with van der Waals surface area (Å²) in [6.07, 6.45) is 0. The van der Waals surface area contributed by atoms with Gasteiger partial charge in [0.2, 0.25) is 5.78 Å². The minimum absolute atomic E-state index is 0.143. The van der Waals surface area contributed by atoms with Crippen LogP contribution in [0, 0.1) is 13.8 Å². The number of Topliss-reactive ketones (excluding diaryl/α,β-unsaturated/α-hetero) is 1. The van der Waals surface area contributed by atoms with E-state index in [1.807, 2.05) is 0 Å². The van der Waals surface area contributed by atoms with E-state index in [4.69, 9.17) is 4.74 Å². The average molecular weight is 397 g/mol. The molecule has 3 aromatic rings. The van der Waals surface area contributed by atoms with Gasteiger partial charge in [-0.2, -0.15) is 5.10 Å². The number of aromatic amines is 1. The van der Waals surface area contributed by atoms with Crippen LogP contribution in [0.5, 0.6) is 0 Å². The Morgan fingerprint density at radius 3 is 2.45 bits per heavy atom. The summed E-state index contributed by atoms with van der Waals surface area (Å²) in [6.45, 7) is 4.63. The van der Waals surface area contributed by atoms with Crippen LogP contribution < -0.4 is 5.56 Å². The molecule has 0 bridgehead atoms. The monoisotopic (exact) mass is 397 g/mol. The number of carboxylic acids is 1. The molecule has 0 amide bonds. The van der Waals surface area contributed by atoms with E-state index in [2.05, 4.69) is 10.1 Å². The first-order chi connectivity index (χ1) is 13.8. The van der Waals surface area contributed by atoms with E-state index in [9.17, 15) is 24.3 Å². The lowest BCUT2D eigenvalue weighted by atomic mass is 10.1. The predicted octanol–water partition coefficient (Wildman–Crippen LogP) is 2.10. The highest BCUT2D eigenvalue weighted by atomic mass is 16.5. The van der Waals surface area contributed by atoms with Gasteiger partial charge in [-0.1, -0.05) is 18.2 Å². The number of benzene rings is 1. The van der Waals surface area contributed by atoms with Gasteiger partial charge in [0.25, 0.3) is 5.56 Å². The molecule has 150 valence electrons. The molecule has 0 fully saturated rings. The summed E-state index contributed by atoms with van der Waals surface area (Å²) >= 11 is 0. The van der Waals surface area contributed by atoms with Crippen LogP contribution in [-0.4, -0.2) is 44.2 Å². The molecular weight excluding hydrogens is 378 g/mol. The Kier molecular flexibility index (Phi) is 5.31. The van der Waals surface area contributed by atoms with Gasteiger partial charge in [0.1, 0.15) is 6.54 Å². The molecule has 0 unspecified atom stereocenters. The molecule has 3 rings (SSSR count). The topological polar surface area (TPSA) is 131 Å². The first kappa shape index (κ1) is 20.0. The molecule has 0 aliphatic heterocycles. The number of ketones is 1. The van der Waals surface area contributed by atoms with E-state index >= 15 is 0 Å². The molecule has 0 atom stereocenters. The van der Waals surface area contributed by atoms with Crippen LogP contribution in [0.1, 0.15) is 49.5 Å². The number of carbonyl (C=O) groups excluding carboxylic acids is 2. The van der Waals surface area contributed by atoms with Gasteiger partial charge in [0.05, 0.1) is 23.3 Å². The summed E-state index contributed by atoms with van der Waals surface area (Å²) in [4.78, 5) is 52.0. The van der Waals surface area contributed by atoms with Crippen molar-refractivity contribution < 1.29 is 24.2 Å². The Balaban J connectivity index is 2.04. The van der Waals surface area contributed by atoms with Crippen LogP contribution in [0.25, 0.3) is 10.8 Å². The lowest BCUT2D eigenvalue weighted by molar-refractivity contribution is 0.0524. The molecule has 9 nitrogen and oxygen atoms in total. The van der Waals surface area contributed by atoms with Gasteiger partial charge in [-0.05, 0) is 32.4 Å². The fraction of sp³-hybridized carbons (Fsp3) is 0.250. The number of H-pyrrole nitrogens is 1. The summed E-state index contributed by atoms with van der Waals surface area (Å²) in [5.74, 6) is -2.37. The maximum atomic E-state index is 12.8. The number of carbonyl (C=O) groups is 3. The maximum Gasteiger partial charge on any atom is 0.357 e. The van der Waals surface area contributed by atoms with E-state index in [0.717, 1.165) is 4.68 Å². The average Bonchev–Trinajstić information content (AvgIpc) is 2.98. The van der Waals surface area contributed by atoms with Crippen molar-refractivity contribution >= 4 is 28.5 Å². The Bertz CT molecular complexity index is 1200. The van der Waals surface area contributed by atoms with Crippen molar-refractivity contribution in [1.82, 2.24) is 14.8 Å². The molecule has 2 N–H and O–H groups in total. The van der Waals surface area contributed by atoms with Gasteiger partial charge in [-0.3, -0.25) is 9.59 Å². The second-order valence-electron chi connectivity index (χ2n) is 6.43. The molecule has 0 saturated heterocycles. The van der Waals surface area contributed by atoms with Crippen LogP contribution >= 0.6 is 0 Å². The van der Waals surface area contributed by atoms with Crippen molar-refractivity contribution in [2.75, 3.05) is 6.61 Å². The second kappa shape index (κ2) is 7.70. The van der Waals surface area contributed by atoms with Crippen LogP contribution in [0.4, 0.5) is 0 Å². The van der Waals surface area contributed by atoms with E-state index in [-0.39, 0.29) is 34.3 Å². The molecule has 2 heterocycles. The molecule has 0 spiro atoms. The molecule has 29 heavy (non-hydrogen) atoms. The minimum atomic E-state index is -1.31. The van der Waals surface area contributed by atoms with Gasteiger partial charge < -0.3 is 14.8 Å². The van der Waals surface area contributed by atoms with Gasteiger partial charge in [-0.25, -0.2) is 14.3 Å². The van der Waals surface area contributed by atoms with Crippen LogP contribution in [0.3, 0.4) is 0 Å². The van der Waals surface area contributed by atoms with Gasteiger partial charge >= 0.3 is 11.9 Å². The smallest absolute Gasteiger partial charge is 0.357 e. The highest BCUT2D eigenvalue weighted by molar-refractivity contribution is 6.02. The first-order valence-electron chi connectivity index (χ1n) is 8.88. The molecule has 2 aromatic heterocycles. The van der Waals surface area contributed by atoms with E-state index in [1.54, 1.807) is 32.9 Å². The van der Waals surface area contributed by atoms with E-state index in [0.29, 0.717) is 11.3 Å². The number of fused-ring (bicyclic) bond motifs is 1. The number of hydrogen-bond acceptors (Lipinski definition) is 6. The summed E-state index contributed by atoms with van der Waals surface area (Å²) in [6, 6.07) is 6.18. The number of rotatable bonds is 6. The normalized spacial score (nSPS) is 10.9. The van der Waals surface area contributed by atoms with Crippen molar-refractivity contribution in [3.8, 4) is 0 Å². The number of ether oxygens (including phenoxy) is 1. The third-order valence-corrected chi connectivity index (χ3v) is 4.56. The zero-order valence-electron chi connectivity index (χ0n) is 16.1. The minimum Gasteiger partial charge on any atom is -0.476 e. The maximum absolute atomic E-state index is 12.8. The quantitative estimate of drug-likeness (QED) is 0.481. The zero-order chi connectivity index (χ0) is 21.3. The van der Waals surface area contributed by atoms with Crippen molar-refractivity contribution in [3.05, 3.63) is 62.8 Å². The van der Waals surface area contributed by atoms with Gasteiger partial charge in [0.15, 0.2) is 5.69 Å². The number of hydrogen-bond donors (Lipinski definition) is 2. The Hall–Kier alpha value is -3.75. The zero-order valence-corrected chi connectivity index (χ0v) is 16.1. The predicted molar refractivity (Wildman–Crippen MR) is 104 cm³/mol. The summed E-state index contributed by atoms with van der Waals surface area (Å²) < 4.78 is 5.83. The SMILES string of the molecule is CCOC(=O)c1c(C)[nH]c(C(=O)Cn2nc(C(=O)O)c3ccccc3c2=O)c1C. The fourth-order valence-corrected chi connectivity index (χ4v) is 3.25. The molecule has 0 radical (unpaired) electrons. The lowest BCUT2D eigenvalue weighted by Crippen LogP contribution is -2.29. The van der Waals surface area contributed by atoms with Crippen LogP contribution in [0.15, 0.2) is 29.1 Å². The third kappa shape index (κ3) is 3.54. The summed E-state index contributed by atoms with van der Waals surface area (Å²) in [5, 5.41) is 13.6. The first-order valence-corrected chi connectivity index (χ1v) is 8.88. The number of aromatic carboxylic acids is 1. The van der Waals surface area contributed by atoms with E-state index < -0.39 is 29.8 Å². The number of nitrogens with zero attached hydrogens (tertiary/aromatic N) is 2. The second-order valence-corrected chi connectivity index (χ2v) is 6.43. The van der Waals surface area contributed by atoms with Crippen molar-refractivity contribution in [1.29, 1.82) is 0 Å². The highest BCUT2D eigenvalue weighted by Gasteiger charge is 2.24. The molecule has 9 heteroatoms. The van der Waals surface area contributed by atoms with E-state index in [1.165, 1.54) is 12.1 Å². The summed E-state index contributed by atoms with van der Waals surface area (Å²) in [7, 11) is 0. The van der Waals surface area contributed by atoms with Crippen LogP contribution in [0.2, 0.25) is 0 Å². The Morgan fingerprint density at radius 2 is 1.83 bits per heavy atom. The number of nitrogens with one attached hydrogen (secondary N) is 1. The van der Waals surface area contributed by atoms with Gasteiger partial charge in [0, 0.05) is 11.1 Å². The number of aromatic nitrogens is 3. The molecule has 0 aliphatic carbocycles.